The van der Waals surface area contributed by atoms with Crippen LogP contribution in [0.2, 0.25) is 0 Å². The fraction of sp³-hybridized carbons (Fsp3) is 0.600. The molecule has 14 heavy (non-hydrogen) atoms. The van der Waals surface area contributed by atoms with E-state index in [1.54, 1.807) is 0 Å². The van der Waals surface area contributed by atoms with E-state index in [1.807, 2.05) is 26.8 Å². The zero-order valence-electron chi connectivity index (χ0n) is 8.65. The molecule has 0 heterocycles. The highest BCUT2D eigenvalue weighted by Crippen LogP contribution is 2.31. The molecule has 0 fully saturated rings. The van der Waals surface area contributed by atoms with Gasteiger partial charge in [0.05, 0.1) is 4.92 Å². The Balaban J connectivity index is 3.01. The lowest BCUT2D eigenvalue weighted by molar-refractivity contribution is -0.436. The van der Waals surface area contributed by atoms with Crippen molar-refractivity contribution < 1.29 is 10.0 Å². The summed E-state index contributed by atoms with van der Waals surface area (Å²) in [7, 11) is 0. The number of aliphatic hydroxyl groups excluding tert-OH is 1. The van der Waals surface area contributed by atoms with E-state index in [4.69, 9.17) is 0 Å². The Morgan fingerprint density at radius 3 is 2.57 bits per heavy atom. The second kappa shape index (κ2) is 3.53. The number of nitrogens with zero attached hydrogens (tertiary/aromatic N) is 1. The van der Waals surface area contributed by atoms with Crippen LogP contribution in [0.5, 0.6) is 0 Å². The summed E-state index contributed by atoms with van der Waals surface area (Å²) < 4.78 is 0. The van der Waals surface area contributed by atoms with Crippen molar-refractivity contribution in [1.29, 1.82) is 0 Å². The van der Waals surface area contributed by atoms with Gasteiger partial charge in [-0.25, -0.2) is 0 Å². The summed E-state index contributed by atoms with van der Waals surface area (Å²) in [6, 6.07) is 0. The molecule has 0 spiro atoms. The van der Waals surface area contributed by atoms with E-state index in [-0.39, 0.29) is 11.1 Å². The molecule has 1 aliphatic rings. The van der Waals surface area contributed by atoms with E-state index in [0.29, 0.717) is 6.42 Å². The van der Waals surface area contributed by atoms with Crippen LogP contribution in [0.1, 0.15) is 27.2 Å². The van der Waals surface area contributed by atoms with E-state index in [2.05, 4.69) is 0 Å². The Kier molecular flexibility index (Phi) is 2.76. The van der Waals surface area contributed by atoms with Gasteiger partial charge < -0.3 is 5.11 Å². The molecule has 0 aromatic rings. The lowest BCUT2D eigenvalue weighted by Crippen LogP contribution is -2.22. The lowest BCUT2D eigenvalue weighted by atomic mass is 9.82. The van der Waals surface area contributed by atoms with Gasteiger partial charge in [-0.3, -0.25) is 10.1 Å². The fourth-order valence-corrected chi connectivity index (χ4v) is 1.37. The Morgan fingerprint density at radius 1 is 1.57 bits per heavy atom. The molecule has 1 aliphatic carbocycles. The predicted molar refractivity (Wildman–Crippen MR) is 53.2 cm³/mol. The molecule has 0 saturated carbocycles. The van der Waals surface area contributed by atoms with Crippen molar-refractivity contribution in [2.75, 3.05) is 0 Å². The molecule has 0 saturated heterocycles. The topological polar surface area (TPSA) is 63.4 Å². The van der Waals surface area contributed by atoms with Crippen LogP contribution in [0.3, 0.4) is 0 Å². The van der Waals surface area contributed by atoms with Crippen molar-refractivity contribution in [2.24, 2.45) is 5.41 Å². The first-order valence-corrected chi connectivity index (χ1v) is 4.57. The standard InChI is InChI=1S/C10H15NO3/c1-10(2,3)7-4-5-9(12)8(6-7)11(13)14/h4,6,9,12H,5H2,1-3H3. The second-order valence-corrected chi connectivity index (χ2v) is 4.49. The smallest absolute Gasteiger partial charge is 0.275 e. The van der Waals surface area contributed by atoms with Crippen LogP contribution < -0.4 is 0 Å². The molecule has 1 unspecified atom stereocenters. The first-order valence-electron chi connectivity index (χ1n) is 4.57. The van der Waals surface area contributed by atoms with Gasteiger partial charge in [-0.15, -0.1) is 0 Å². The quantitative estimate of drug-likeness (QED) is 0.515. The highest BCUT2D eigenvalue weighted by molar-refractivity contribution is 5.31. The van der Waals surface area contributed by atoms with Gasteiger partial charge >= 0.3 is 0 Å². The maximum Gasteiger partial charge on any atom is 0.275 e. The largest absolute Gasteiger partial charge is 0.381 e. The Morgan fingerprint density at radius 2 is 2.14 bits per heavy atom. The fourth-order valence-electron chi connectivity index (χ4n) is 1.37. The molecule has 1 N–H and O–H groups in total. The Hall–Kier alpha value is -1.16. The van der Waals surface area contributed by atoms with Gasteiger partial charge in [-0.05, 0) is 11.0 Å². The predicted octanol–water partition coefficient (Wildman–Crippen LogP) is 1.88. The summed E-state index contributed by atoms with van der Waals surface area (Å²) >= 11 is 0. The first-order chi connectivity index (χ1) is 6.32. The van der Waals surface area contributed by atoms with Crippen molar-refractivity contribution >= 4 is 0 Å². The molecule has 1 rings (SSSR count). The number of hydrogen-bond acceptors (Lipinski definition) is 3. The number of aliphatic hydroxyl groups is 1. The summed E-state index contributed by atoms with van der Waals surface area (Å²) in [4.78, 5) is 10.1. The summed E-state index contributed by atoms with van der Waals surface area (Å²) in [6.07, 6.45) is 2.71. The molecule has 0 aliphatic heterocycles. The van der Waals surface area contributed by atoms with Gasteiger partial charge in [0.25, 0.3) is 5.70 Å². The van der Waals surface area contributed by atoms with Crippen LogP contribution in [0.25, 0.3) is 0 Å². The minimum absolute atomic E-state index is 0.0996. The van der Waals surface area contributed by atoms with Crippen LogP contribution in [0.15, 0.2) is 23.4 Å². The van der Waals surface area contributed by atoms with Gasteiger partial charge in [-0.2, -0.15) is 0 Å². The second-order valence-electron chi connectivity index (χ2n) is 4.49. The van der Waals surface area contributed by atoms with E-state index in [9.17, 15) is 15.2 Å². The lowest BCUT2D eigenvalue weighted by Gasteiger charge is -2.23. The van der Waals surface area contributed by atoms with Gasteiger partial charge in [0, 0.05) is 12.5 Å². The molecule has 0 amide bonds. The van der Waals surface area contributed by atoms with E-state index in [0.717, 1.165) is 5.57 Å². The van der Waals surface area contributed by atoms with Gasteiger partial charge in [-0.1, -0.05) is 26.8 Å². The van der Waals surface area contributed by atoms with Crippen LogP contribution in [0, 0.1) is 15.5 Å². The minimum atomic E-state index is -0.962. The van der Waals surface area contributed by atoms with Gasteiger partial charge in [0.1, 0.15) is 6.10 Å². The molecule has 0 bridgehead atoms. The van der Waals surface area contributed by atoms with Crippen LogP contribution >= 0.6 is 0 Å². The molecule has 1 atom stereocenters. The Labute approximate surface area is 83.1 Å². The number of rotatable bonds is 1. The van der Waals surface area contributed by atoms with E-state index in [1.165, 1.54) is 6.08 Å². The summed E-state index contributed by atoms with van der Waals surface area (Å²) in [5.74, 6) is 0. The summed E-state index contributed by atoms with van der Waals surface area (Å²) in [6.45, 7) is 5.97. The molecule has 0 radical (unpaired) electrons. The average molecular weight is 197 g/mol. The summed E-state index contributed by atoms with van der Waals surface area (Å²) in [5, 5.41) is 20.0. The molecule has 4 nitrogen and oxygen atoms in total. The van der Waals surface area contributed by atoms with Crippen molar-refractivity contribution in [2.45, 2.75) is 33.3 Å². The van der Waals surface area contributed by atoms with Crippen LogP contribution in [-0.4, -0.2) is 16.1 Å². The van der Waals surface area contributed by atoms with E-state index < -0.39 is 11.0 Å². The minimum Gasteiger partial charge on any atom is -0.381 e. The monoisotopic (exact) mass is 197 g/mol. The van der Waals surface area contributed by atoms with E-state index >= 15 is 0 Å². The summed E-state index contributed by atoms with van der Waals surface area (Å²) in [5.41, 5.74) is 0.702. The van der Waals surface area contributed by atoms with Crippen LogP contribution in [-0.2, 0) is 0 Å². The van der Waals surface area contributed by atoms with Crippen molar-refractivity contribution in [3.63, 3.8) is 0 Å². The SMILES string of the molecule is CC(C)(C)C1=CCC(O)C([N+](=O)[O-])=C1. The highest BCUT2D eigenvalue weighted by Gasteiger charge is 2.28. The average Bonchev–Trinajstić information content (AvgIpc) is 2.02. The zero-order chi connectivity index (χ0) is 10.9. The van der Waals surface area contributed by atoms with Crippen molar-refractivity contribution in [1.82, 2.24) is 0 Å². The Bertz CT molecular complexity index is 310. The zero-order valence-corrected chi connectivity index (χ0v) is 8.65. The van der Waals surface area contributed by atoms with Crippen molar-refractivity contribution in [3.05, 3.63) is 33.5 Å². The first kappa shape index (κ1) is 10.9. The molecular formula is C10H15NO3. The highest BCUT2D eigenvalue weighted by atomic mass is 16.6. The van der Waals surface area contributed by atoms with Crippen molar-refractivity contribution in [3.8, 4) is 0 Å². The van der Waals surface area contributed by atoms with Crippen LogP contribution in [0.4, 0.5) is 0 Å². The van der Waals surface area contributed by atoms with Gasteiger partial charge in [0.15, 0.2) is 0 Å². The molecule has 78 valence electrons. The molecule has 4 heteroatoms. The number of allylic oxidation sites excluding steroid dienone is 2. The normalized spacial score (nSPS) is 22.7. The third-order valence-electron chi connectivity index (χ3n) is 2.28. The third kappa shape index (κ3) is 2.20. The maximum atomic E-state index is 10.6. The molecular weight excluding hydrogens is 182 g/mol. The molecule has 0 aromatic heterocycles. The number of nitro groups is 1. The molecule has 0 aromatic carbocycles. The third-order valence-corrected chi connectivity index (χ3v) is 2.28. The maximum absolute atomic E-state index is 10.6. The number of hydrogen-bond donors (Lipinski definition) is 1. The van der Waals surface area contributed by atoms with Gasteiger partial charge in [0.2, 0.25) is 0 Å².